The number of carboxylic acids is 1. The molecule has 3 unspecified atom stereocenters. The number of benzene rings is 1. The van der Waals surface area contributed by atoms with E-state index in [9.17, 15) is 19.1 Å². The molecule has 0 spiro atoms. The van der Waals surface area contributed by atoms with Crippen molar-refractivity contribution < 1.29 is 19.1 Å². The molecule has 0 bridgehead atoms. The fourth-order valence-electron chi connectivity index (χ4n) is 2.98. The number of amides is 1. The van der Waals surface area contributed by atoms with Gasteiger partial charge in [-0.1, -0.05) is 12.1 Å². The molecular formula is C17H24FN3O3S. The minimum atomic E-state index is -1.02. The third-order valence-electron chi connectivity index (χ3n) is 4.43. The highest BCUT2D eigenvalue weighted by Gasteiger charge is 2.36. The van der Waals surface area contributed by atoms with Crippen molar-refractivity contribution in [1.82, 2.24) is 16.2 Å². The maximum atomic E-state index is 13.1. The summed E-state index contributed by atoms with van der Waals surface area (Å²) in [6, 6.07) is 5.17. The first kappa shape index (κ1) is 19.7. The highest BCUT2D eigenvalue weighted by atomic mass is 32.2. The van der Waals surface area contributed by atoms with Gasteiger partial charge in [-0.3, -0.25) is 10.2 Å². The van der Waals surface area contributed by atoms with Crippen molar-refractivity contribution in [3.63, 3.8) is 0 Å². The van der Waals surface area contributed by atoms with Crippen LogP contribution in [0.15, 0.2) is 24.3 Å². The Hall–Kier alpha value is -1.64. The number of aliphatic carboxylic acids is 1. The summed E-state index contributed by atoms with van der Waals surface area (Å²) < 4.78 is 13.1. The quantitative estimate of drug-likeness (QED) is 0.558. The van der Waals surface area contributed by atoms with Crippen molar-refractivity contribution in [2.24, 2.45) is 5.92 Å². The average molecular weight is 369 g/mol. The molecule has 1 aromatic carbocycles. The van der Waals surface area contributed by atoms with Gasteiger partial charge in [0.1, 0.15) is 11.9 Å². The Kier molecular flexibility index (Phi) is 7.22. The van der Waals surface area contributed by atoms with Gasteiger partial charge in [0.05, 0.1) is 6.04 Å². The number of hydrogen-bond acceptors (Lipinski definition) is 5. The van der Waals surface area contributed by atoms with E-state index in [1.807, 2.05) is 13.2 Å². The summed E-state index contributed by atoms with van der Waals surface area (Å²) in [7, 11) is 0. The molecule has 4 atom stereocenters. The molecule has 138 valence electrons. The van der Waals surface area contributed by atoms with Crippen LogP contribution >= 0.6 is 11.8 Å². The summed E-state index contributed by atoms with van der Waals surface area (Å²) in [5.74, 6) is -1.02. The second kappa shape index (κ2) is 9.17. The smallest absolute Gasteiger partial charge is 0.326 e. The Balaban J connectivity index is 2.01. The Morgan fingerprint density at radius 2 is 2.00 bits per heavy atom. The largest absolute Gasteiger partial charge is 0.480 e. The van der Waals surface area contributed by atoms with Gasteiger partial charge in [-0.25, -0.2) is 14.6 Å². The molecule has 1 amide bonds. The molecule has 1 aliphatic rings. The van der Waals surface area contributed by atoms with E-state index in [0.717, 1.165) is 5.56 Å². The van der Waals surface area contributed by atoms with Gasteiger partial charge in [0.25, 0.3) is 0 Å². The van der Waals surface area contributed by atoms with Gasteiger partial charge in [0.2, 0.25) is 5.91 Å². The molecule has 0 aliphatic carbocycles. The predicted molar refractivity (Wildman–Crippen MR) is 95.5 cm³/mol. The molecule has 0 aromatic heterocycles. The summed E-state index contributed by atoms with van der Waals surface area (Å²) in [6.45, 7) is 1.96. The maximum absolute atomic E-state index is 13.1. The summed E-state index contributed by atoms with van der Waals surface area (Å²) in [5, 5.41) is 11.8. The number of thioether (sulfide) groups is 1. The first-order valence-corrected chi connectivity index (χ1v) is 9.59. The van der Waals surface area contributed by atoms with E-state index in [1.54, 1.807) is 23.9 Å². The number of nitrogens with one attached hydrogen (secondary N) is 3. The molecule has 0 radical (unpaired) electrons. The third kappa shape index (κ3) is 5.42. The van der Waals surface area contributed by atoms with Gasteiger partial charge in [0, 0.05) is 18.4 Å². The van der Waals surface area contributed by atoms with Crippen LogP contribution in [0, 0.1) is 11.7 Å². The minimum Gasteiger partial charge on any atom is -0.480 e. The average Bonchev–Trinajstić information content (AvgIpc) is 2.93. The normalized spacial score (nSPS) is 24.0. The lowest BCUT2D eigenvalue weighted by molar-refractivity contribution is -0.142. The van der Waals surface area contributed by atoms with Crippen molar-refractivity contribution in [2.75, 3.05) is 12.0 Å². The van der Waals surface area contributed by atoms with Gasteiger partial charge < -0.3 is 10.4 Å². The monoisotopic (exact) mass is 369 g/mol. The van der Waals surface area contributed by atoms with Crippen LogP contribution in [-0.4, -0.2) is 41.1 Å². The van der Waals surface area contributed by atoms with Gasteiger partial charge >= 0.3 is 5.97 Å². The van der Waals surface area contributed by atoms with Gasteiger partial charge in [-0.15, -0.1) is 0 Å². The topological polar surface area (TPSA) is 90.5 Å². The van der Waals surface area contributed by atoms with E-state index in [4.69, 9.17) is 0 Å². The number of carboxylic acid groups (broad SMARTS) is 1. The Labute approximate surface area is 150 Å². The molecule has 25 heavy (non-hydrogen) atoms. The van der Waals surface area contributed by atoms with E-state index in [-0.39, 0.29) is 36.1 Å². The van der Waals surface area contributed by atoms with Crippen molar-refractivity contribution in [2.45, 2.75) is 37.9 Å². The van der Waals surface area contributed by atoms with Crippen molar-refractivity contribution in [1.29, 1.82) is 0 Å². The van der Waals surface area contributed by atoms with E-state index < -0.39 is 12.0 Å². The molecule has 8 heteroatoms. The van der Waals surface area contributed by atoms with E-state index in [1.165, 1.54) is 12.1 Å². The molecule has 1 aliphatic heterocycles. The van der Waals surface area contributed by atoms with Gasteiger partial charge in [-0.05, 0) is 43.0 Å². The molecule has 6 nitrogen and oxygen atoms in total. The van der Waals surface area contributed by atoms with Crippen LogP contribution < -0.4 is 16.2 Å². The molecule has 2 rings (SSSR count). The zero-order valence-electron chi connectivity index (χ0n) is 14.3. The lowest BCUT2D eigenvalue weighted by Crippen LogP contribution is -2.42. The van der Waals surface area contributed by atoms with Crippen LogP contribution in [0.3, 0.4) is 0 Å². The Morgan fingerprint density at radius 3 is 2.60 bits per heavy atom. The third-order valence-corrected chi connectivity index (χ3v) is 5.08. The van der Waals surface area contributed by atoms with E-state index in [2.05, 4.69) is 16.2 Å². The molecule has 1 aromatic rings. The molecule has 1 fully saturated rings. The predicted octanol–water partition coefficient (Wildman–Crippen LogP) is 1.69. The lowest BCUT2D eigenvalue weighted by atomic mass is 9.87. The van der Waals surface area contributed by atoms with Crippen LogP contribution in [0.1, 0.15) is 31.4 Å². The molecule has 1 heterocycles. The molecular weight excluding hydrogens is 345 g/mol. The van der Waals surface area contributed by atoms with E-state index in [0.29, 0.717) is 12.2 Å². The van der Waals surface area contributed by atoms with Crippen molar-refractivity contribution in [3.05, 3.63) is 35.6 Å². The number of carbonyl (C=O) groups excluding carboxylic acids is 1. The number of carbonyl (C=O) groups is 2. The summed E-state index contributed by atoms with van der Waals surface area (Å²) in [4.78, 5) is 23.6. The summed E-state index contributed by atoms with van der Waals surface area (Å²) in [5.41, 5.74) is 7.12. The lowest BCUT2D eigenvalue weighted by Gasteiger charge is -2.22. The number of hydrazine groups is 1. The van der Waals surface area contributed by atoms with Crippen LogP contribution in [0.2, 0.25) is 0 Å². The number of rotatable bonds is 8. The second-order valence-corrected chi connectivity index (χ2v) is 7.20. The highest BCUT2D eigenvalue weighted by Crippen LogP contribution is 2.31. The first-order valence-electron chi connectivity index (χ1n) is 8.20. The minimum absolute atomic E-state index is 0.0234. The van der Waals surface area contributed by atoms with Gasteiger partial charge in [0.15, 0.2) is 0 Å². The summed E-state index contributed by atoms with van der Waals surface area (Å²) in [6.07, 6.45) is 2.47. The zero-order valence-corrected chi connectivity index (χ0v) is 15.1. The molecule has 1 saturated heterocycles. The fourth-order valence-corrected chi connectivity index (χ4v) is 3.45. The Bertz CT molecular complexity index is 599. The molecule has 0 saturated carbocycles. The maximum Gasteiger partial charge on any atom is 0.326 e. The van der Waals surface area contributed by atoms with Crippen molar-refractivity contribution >= 4 is 23.6 Å². The standard InChI is InChI=1S/C17H24FN3O3S/c1-10-13(9-15(22)19-14(17(23)24)7-8-25-2)16(21-20-10)11-3-5-12(18)6-4-11/h3-6,10,13-14,16,20-21H,7-9H2,1-2H3,(H,19,22)(H,23,24)/t10?,13?,14-,16?/m0/s1. The summed E-state index contributed by atoms with van der Waals surface area (Å²) >= 11 is 1.54. The zero-order chi connectivity index (χ0) is 18.4. The van der Waals surface area contributed by atoms with Crippen molar-refractivity contribution in [3.8, 4) is 0 Å². The molecule has 4 N–H and O–H groups in total. The second-order valence-electron chi connectivity index (χ2n) is 6.21. The number of hydrogen-bond donors (Lipinski definition) is 4. The van der Waals surface area contributed by atoms with Crippen LogP contribution in [-0.2, 0) is 9.59 Å². The highest BCUT2D eigenvalue weighted by molar-refractivity contribution is 7.98. The van der Waals surface area contributed by atoms with E-state index >= 15 is 0 Å². The Morgan fingerprint density at radius 1 is 1.32 bits per heavy atom. The SMILES string of the molecule is CSCC[C@H](NC(=O)CC1C(C)NNC1c1ccc(F)cc1)C(=O)O. The van der Waals surface area contributed by atoms with Crippen LogP contribution in [0.25, 0.3) is 0 Å². The van der Waals surface area contributed by atoms with Crippen LogP contribution in [0.5, 0.6) is 0 Å². The number of halogens is 1. The van der Waals surface area contributed by atoms with Crippen LogP contribution in [0.4, 0.5) is 4.39 Å². The first-order chi connectivity index (χ1) is 11.9. The fraction of sp³-hybridized carbons (Fsp3) is 0.529. The van der Waals surface area contributed by atoms with Gasteiger partial charge in [-0.2, -0.15) is 11.8 Å².